The number of unbranched alkanes of at least 4 members (excludes halogenated alkanes) is 10. The highest BCUT2D eigenvalue weighted by Crippen LogP contribution is 2.57. The zero-order valence-electron chi connectivity index (χ0n) is 54.5. The van der Waals surface area contributed by atoms with Crippen molar-refractivity contribution in [3.8, 4) is 59.9 Å². The first-order valence-electron chi connectivity index (χ1n) is 34.1. The maximum Gasteiger partial charge on any atom is 0.143 e. The van der Waals surface area contributed by atoms with Crippen LogP contribution in [0.4, 0.5) is 8.78 Å². The highest BCUT2D eigenvalue weighted by Gasteiger charge is 2.29. The molecule has 12 heteroatoms. The lowest BCUT2D eigenvalue weighted by Crippen LogP contribution is -2.05. The van der Waals surface area contributed by atoms with Crippen molar-refractivity contribution in [2.75, 3.05) is 0 Å². The molecule has 8 heterocycles. The molecule has 478 valence electrons. The fourth-order valence-corrected chi connectivity index (χ4v) is 23.8. The van der Waals surface area contributed by atoms with Crippen molar-refractivity contribution in [3.63, 3.8) is 0 Å². The van der Waals surface area contributed by atoms with Crippen LogP contribution in [0.5, 0.6) is 0 Å². The van der Waals surface area contributed by atoms with Crippen molar-refractivity contribution >= 4 is 134 Å². The summed E-state index contributed by atoms with van der Waals surface area (Å²) in [7, 11) is 0. The molecule has 0 aliphatic rings. The second-order valence-electron chi connectivity index (χ2n) is 25.6. The van der Waals surface area contributed by atoms with Crippen LogP contribution in [0.1, 0.15) is 240 Å². The van der Waals surface area contributed by atoms with E-state index in [1.165, 1.54) is 245 Å². The van der Waals surface area contributed by atoms with E-state index in [4.69, 9.17) is 23.2 Å². The normalized spacial score (nSPS) is 13.5. The highest BCUT2D eigenvalue weighted by molar-refractivity contribution is 7.31. The third-order valence-corrected chi connectivity index (χ3v) is 29.2. The van der Waals surface area contributed by atoms with Crippen molar-refractivity contribution in [2.24, 2.45) is 23.7 Å². The molecule has 4 unspecified atom stereocenters. The average molecular weight is 1380 g/mol. The van der Waals surface area contributed by atoms with Crippen molar-refractivity contribution in [3.05, 3.63) is 101 Å². The van der Waals surface area contributed by atoms with E-state index in [1.807, 2.05) is 56.7 Å². The van der Waals surface area contributed by atoms with Gasteiger partial charge in [0.05, 0.1) is 19.8 Å². The summed E-state index contributed by atoms with van der Waals surface area (Å²) in [6, 6.07) is 17.7. The number of halogens is 4. The third-order valence-electron chi connectivity index (χ3n) is 18.5. The third kappa shape index (κ3) is 17.4. The molecule has 1 aromatic carbocycles. The van der Waals surface area contributed by atoms with Gasteiger partial charge in [-0.05, 0) is 123 Å². The number of aryl methyl sites for hydroxylation is 2. The number of benzene rings is 1. The molecule has 9 rings (SSSR count). The Balaban J connectivity index is 1.18. The molecule has 4 atom stereocenters. The highest BCUT2D eigenvalue weighted by atomic mass is 35.5. The Labute approximate surface area is 571 Å². The first-order valence-corrected chi connectivity index (χ1v) is 41.4. The minimum atomic E-state index is -0.328. The van der Waals surface area contributed by atoms with Crippen molar-refractivity contribution in [2.45, 2.75) is 249 Å². The predicted molar refractivity (Wildman–Crippen MR) is 401 cm³/mol. The maximum absolute atomic E-state index is 17.1. The van der Waals surface area contributed by atoms with Crippen LogP contribution in [0, 0.1) is 49.2 Å². The fourth-order valence-electron chi connectivity index (χ4n) is 13.4. The minimum Gasteiger partial charge on any atom is -0.205 e. The lowest BCUT2D eigenvalue weighted by molar-refractivity contribution is 0.411. The lowest BCUT2D eigenvalue weighted by Gasteiger charge is -2.17. The Kier molecular flexibility index (Phi) is 27.3. The standard InChI is InChI=1S/C76H98Cl2F2S8/c1-11-19-25-27-33-51(31-23-15-5)37-53-35-47(9)81-71(53)67-45-59(79)75(87-67)76-60(80)46-68(88-76)72-54(38-52(32-24-16-6)34-28-26-20-12-2)41-63(85-72)64-42-56-70(66-44-58(78)62(84-66)40-50(18-8)30-22-14-4)73-55(36-48(10)82-73)69(74(56)86-64)65-43-57(77)61(83-65)39-49(17-7)29-21-13-3/h35-36,41-46,49-52H,11-34,37-40H2,1-10H3. The Morgan fingerprint density at radius 1 is 0.341 bits per heavy atom. The molecule has 9 aromatic rings. The first kappa shape index (κ1) is 70.1. The van der Waals surface area contributed by atoms with Gasteiger partial charge in [0.2, 0.25) is 0 Å². The summed E-state index contributed by atoms with van der Waals surface area (Å²) < 4.78 is 36.5. The zero-order chi connectivity index (χ0) is 62.4. The van der Waals surface area contributed by atoms with Crippen LogP contribution in [0.15, 0.2) is 48.5 Å². The van der Waals surface area contributed by atoms with Gasteiger partial charge in [-0.25, -0.2) is 8.78 Å². The predicted octanol–water partition coefficient (Wildman–Crippen LogP) is 30.8. The molecule has 0 aliphatic heterocycles. The van der Waals surface area contributed by atoms with Gasteiger partial charge >= 0.3 is 0 Å². The molecule has 0 amide bonds. The minimum absolute atomic E-state index is 0.321. The molecule has 0 saturated carbocycles. The smallest absolute Gasteiger partial charge is 0.143 e. The molecular weight excluding hydrogens is 1280 g/mol. The summed E-state index contributed by atoms with van der Waals surface area (Å²) in [4.78, 5) is 15.0. The Hall–Kier alpha value is -2.22. The summed E-state index contributed by atoms with van der Waals surface area (Å²) in [5.41, 5.74) is 5.20. The number of thiophene rings is 8. The van der Waals surface area contributed by atoms with Gasteiger partial charge in [-0.2, -0.15) is 0 Å². The van der Waals surface area contributed by atoms with E-state index in [0.29, 0.717) is 33.4 Å². The summed E-state index contributed by atoms with van der Waals surface area (Å²) in [5, 5.41) is 4.33. The van der Waals surface area contributed by atoms with E-state index in [1.54, 1.807) is 23.5 Å². The molecule has 0 N–H and O–H groups in total. The molecule has 0 bridgehead atoms. The van der Waals surface area contributed by atoms with Gasteiger partial charge < -0.3 is 0 Å². The van der Waals surface area contributed by atoms with Crippen molar-refractivity contribution < 1.29 is 8.78 Å². The van der Waals surface area contributed by atoms with Gasteiger partial charge in [-0.3, -0.25) is 0 Å². The lowest BCUT2D eigenvalue weighted by atomic mass is 9.89. The number of hydrogen-bond acceptors (Lipinski definition) is 8. The summed E-state index contributed by atoms with van der Waals surface area (Å²) in [5.74, 6) is 1.71. The van der Waals surface area contributed by atoms with E-state index in [-0.39, 0.29) is 11.6 Å². The molecule has 0 saturated heterocycles. The molecule has 8 aromatic heterocycles. The van der Waals surface area contributed by atoms with E-state index < -0.39 is 0 Å². The van der Waals surface area contributed by atoms with Crippen LogP contribution in [0.25, 0.3) is 80.1 Å². The summed E-state index contributed by atoms with van der Waals surface area (Å²) in [6.07, 6.45) is 33.3. The Morgan fingerprint density at radius 3 is 1.22 bits per heavy atom. The first-order chi connectivity index (χ1) is 42.7. The zero-order valence-corrected chi connectivity index (χ0v) is 62.5. The maximum atomic E-state index is 17.1. The van der Waals surface area contributed by atoms with Gasteiger partial charge in [0.1, 0.15) is 11.6 Å². The molecule has 0 aliphatic carbocycles. The van der Waals surface area contributed by atoms with E-state index in [9.17, 15) is 0 Å². The second kappa shape index (κ2) is 34.3. The quantitative estimate of drug-likeness (QED) is 0.0338. The van der Waals surface area contributed by atoms with Crippen LogP contribution in [-0.2, 0) is 25.7 Å². The fraction of sp³-hybridized carbons (Fsp3) is 0.553. The van der Waals surface area contributed by atoms with Gasteiger partial charge in [-0.1, -0.05) is 233 Å². The van der Waals surface area contributed by atoms with Crippen LogP contribution >= 0.6 is 114 Å². The van der Waals surface area contributed by atoms with Crippen molar-refractivity contribution in [1.29, 1.82) is 0 Å². The van der Waals surface area contributed by atoms with Crippen molar-refractivity contribution in [1.82, 2.24) is 0 Å². The molecule has 0 spiro atoms. The summed E-state index contributed by atoms with van der Waals surface area (Å²) in [6.45, 7) is 22.9. The topological polar surface area (TPSA) is 0 Å². The number of fused-ring (bicyclic) bond motifs is 2. The number of rotatable bonds is 38. The van der Waals surface area contributed by atoms with E-state index >= 15 is 8.78 Å². The Morgan fingerprint density at radius 2 is 0.739 bits per heavy atom. The van der Waals surface area contributed by atoms with Gasteiger partial charge in [0.25, 0.3) is 0 Å². The monoisotopic (exact) mass is 1370 g/mol. The van der Waals surface area contributed by atoms with Crippen LogP contribution in [0.3, 0.4) is 0 Å². The van der Waals surface area contributed by atoms with Gasteiger partial charge in [-0.15, -0.1) is 90.7 Å². The Bertz CT molecular complexity index is 3500. The van der Waals surface area contributed by atoms with E-state index in [0.717, 1.165) is 68.1 Å². The van der Waals surface area contributed by atoms with E-state index in [2.05, 4.69) is 106 Å². The van der Waals surface area contributed by atoms with Gasteiger partial charge in [0, 0.05) is 89.8 Å². The molecule has 0 nitrogen and oxygen atoms in total. The molecular formula is C76H98Cl2F2S8. The van der Waals surface area contributed by atoms with Gasteiger partial charge in [0.15, 0.2) is 0 Å². The largest absolute Gasteiger partial charge is 0.205 e. The molecule has 88 heavy (non-hydrogen) atoms. The molecule has 0 radical (unpaired) electrons. The molecule has 0 fully saturated rings. The number of hydrogen-bond donors (Lipinski definition) is 0. The SMILES string of the molecule is CCCCCCC(CCCC)Cc1cc(C)sc1-c1cc(F)c(-c2sc(-c3sc(-c4cc5c(-c6cc(Cl)c(CC(CC)CCCC)s6)c6sc(C)cc6c(-c6cc(Cl)c(CC(CC)CCCC)s6)c5s4)cc3CC(CCCC)CCCCCC)cc2F)s1. The van der Waals surface area contributed by atoms with Crippen LogP contribution < -0.4 is 0 Å². The average Bonchev–Trinajstić information content (AvgIpc) is 1.61. The second-order valence-corrected chi connectivity index (χ2v) is 35.4. The summed E-state index contributed by atoms with van der Waals surface area (Å²) >= 11 is 28.8. The van der Waals surface area contributed by atoms with Crippen LogP contribution in [0.2, 0.25) is 10.0 Å². The van der Waals surface area contributed by atoms with Crippen LogP contribution in [-0.4, -0.2) is 0 Å².